The quantitative estimate of drug-likeness (QED) is 0.146. The highest BCUT2D eigenvalue weighted by molar-refractivity contribution is 7.92. The molecule has 0 aromatic heterocycles. The molecule has 1 fully saturated rings. The maximum absolute atomic E-state index is 14.7. The number of nitrogens with one attached hydrogen (secondary N) is 1. The fourth-order valence-corrected chi connectivity index (χ4v) is 7.91. The Balaban J connectivity index is 1.58. The monoisotopic (exact) mass is 737 g/mol. The van der Waals surface area contributed by atoms with Gasteiger partial charge in [0.05, 0.1) is 34.8 Å². The number of carbonyl (C=O) groups is 2. The Morgan fingerprint density at radius 3 is 2.10 bits per heavy atom. The molecule has 12 heteroatoms. The zero-order valence-electron chi connectivity index (χ0n) is 28.1. The molecule has 1 aliphatic rings. The average molecular weight is 739 g/mol. The van der Waals surface area contributed by atoms with E-state index in [1.807, 2.05) is 30.3 Å². The van der Waals surface area contributed by atoms with E-state index in [2.05, 4.69) is 5.32 Å². The summed E-state index contributed by atoms with van der Waals surface area (Å²) in [5.41, 5.74) is 1.75. The Morgan fingerprint density at radius 2 is 1.46 bits per heavy atom. The number of halogens is 2. The molecule has 2 amide bonds. The maximum atomic E-state index is 14.7. The van der Waals surface area contributed by atoms with Crippen LogP contribution >= 0.6 is 23.2 Å². The molecule has 0 bridgehead atoms. The van der Waals surface area contributed by atoms with E-state index < -0.39 is 28.5 Å². The summed E-state index contributed by atoms with van der Waals surface area (Å²) in [6, 6.07) is 26.1. The van der Waals surface area contributed by atoms with Gasteiger partial charge < -0.3 is 19.7 Å². The van der Waals surface area contributed by atoms with Crippen molar-refractivity contribution in [3.05, 3.63) is 118 Å². The van der Waals surface area contributed by atoms with E-state index in [0.717, 1.165) is 42.0 Å². The predicted molar refractivity (Wildman–Crippen MR) is 196 cm³/mol. The van der Waals surface area contributed by atoms with Crippen LogP contribution in [0.5, 0.6) is 11.5 Å². The molecule has 0 heterocycles. The SMILES string of the molecule is COc1ccc(S(=O)(=O)N(CC(=O)N(Cc2ccc(Cl)c(Cl)c2)[C@@H](Cc2ccccc2)C(=O)NC2CCCCC2)c2ccccc2)cc1OC. The van der Waals surface area contributed by atoms with Crippen molar-refractivity contribution in [1.29, 1.82) is 0 Å². The Kier molecular flexibility index (Phi) is 12.7. The molecule has 0 spiro atoms. The minimum Gasteiger partial charge on any atom is -0.493 e. The van der Waals surface area contributed by atoms with Crippen LogP contribution in [0.3, 0.4) is 0 Å². The number of methoxy groups -OCH3 is 2. The minimum absolute atomic E-state index is 0.0114. The van der Waals surface area contributed by atoms with Crippen LogP contribution in [0.15, 0.2) is 102 Å². The summed E-state index contributed by atoms with van der Waals surface area (Å²) in [4.78, 5) is 30.4. The standard InChI is InChI=1S/C38H41Cl2N3O6S/c1-48-35-21-19-31(24-36(35)49-2)50(46,47)43(30-16-10-5-11-17-30)26-37(44)42(25-28-18-20-32(39)33(40)22-28)34(23-27-12-6-3-7-13-27)38(45)41-29-14-8-4-9-15-29/h3,5-7,10-13,16-22,24,29,34H,4,8-9,14-15,23,25-26H2,1-2H3,(H,41,45)/t34-/m0/s1. The van der Waals surface area contributed by atoms with Gasteiger partial charge in [-0.3, -0.25) is 13.9 Å². The number of amides is 2. The van der Waals surface area contributed by atoms with Crippen molar-refractivity contribution in [3.63, 3.8) is 0 Å². The lowest BCUT2D eigenvalue weighted by atomic mass is 9.94. The van der Waals surface area contributed by atoms with Gasteiger partial charge in [-0.1, -0.05) is 97.1 Å². The van der Waals surface area contributed by atoms with Gasteiger partial charge in [0.1, 0.15) is 12.6 Å². The second-order valence-corrected chi connectivity index (χ2v) is 14.9. The molecule has 5 rings (SSSR count). The molecule has 264 valence electrons. The summed E-state index contributed by atoms with van der Waals surface area (Å²) in [6.07, 6.45) is 5.07. The van der Waals surface area contributed by atoms with Gasteiger partial charge in [0, 0.05) is 25.1 Å². The zero-order chi connectivity index (χ0) is 35.7. The second-order valence-electron chi connectivity index (χ2n) is 12.2. The summed E-state index contributed by atoms with van der Waals surface area (Å²) in [6.45, 7) is -0.617. The van der Waals surface area contributed by atoms with Crippen LogP contribution in [0.4, 0.5) is 5.69 Å². The van der Waals surface area contributed by atoms with E-state index >= 15 is 0 Å². The van der Waals surface area contributed by atoms with Crippen molar-refractivity contribution in [2.45, 2.75) is 62.0 Å². The van der Waals surface area contributed by atoms with Gasteiger partial charge in [-0.15, -0.1) is 0 Å². The van der Waals surface area contributed by atoms with Gasteiger partial charge in [-0.2, -0.15) is 0 Å². The van der Waals surface area contributed by atoms with E-state index in [4.69, 9.17) is 32.7 Å². The number of sulfonamides is 1. The number of anilines is 1. The van der Waals surface area contributed by atoms with Crippen LogP contribution in [-0.4, -0.2) is 58.0 Å². The third-order valence-corrected chi connectivity index (χ3v) is 11.3. The molecule has 1 saturated carbocycles. The number of hydrogen-bond acceptors (Lipinski definition) is 6. The third kappa shape index (κ3) is 9.10. The van der Waals surface area contributed by atoms with Gasteiger partial charge in [-0.25, -0.2) is 8.42 Å². The Hall–Kier alpha value is -4.25. The van der Waals surface area contributed by atoms with Crippen LogP contribution in [0.25, 0.3) is 0 Å². The first-order valence-corrected chi connectivity index (χ1v) is 18.7. The molecule has 4 aromatic carbocycles. The number of rotatable bonds is 14. The lowest BCUT2D eigenvalue weighted by Crippen LogP contribution is -2.55. The largest absolute Gasteiger partial charge is 0.493 e. The lowest BCUT2D eigenvalue weighted by Gasteiger charge is -2.35. The predicted octanol–water partition coefficient (Wildman–Crippen LogP) is 7.29. The van der Waals surface area contributed by atoms with Crippen LogP contribution < -0.4 is 19.1 Å². The summed E-state index contributed by atoms with van der Waals surface area (Å²) in [5.74, 6) is -0.308. The fraction of sp³-hybridized carbons (Fsp3) is 0.316. The van der Waals surface area contributed by atoms with Crippen molar-refractivity contribution >= 4 is 50.7 Å². The molecule has 0 unspecified atom stereocenters. The number of hydrogen-bond donors (Lipinski definition) is 1. The van der Waals surface area contributed by atoms with Crippen LogP contribution in [-0.2, 0) is 32.6 Å². The average Bonchev–Trinajstić information content (AvgIpc) is 3.14. The summed E-state index contributed by atoms with van der Waals surface area (Å²) in [5, 5.41) is 3.85. The first-order chi connectivity index (χ1) is 24.1. The Bertz CT molecular complexity index is 1870. The zero-order valence-corrected chi connectivity index (χ0v) is 30.4. The van der Waals surface area contributed by atoms with Gasteiger partial charge in [0.25, 0.3) is 10.0 Å². The second kappa shape index (κ2) is 17.1. The molecular weight excluding hydrogens is 697 g/mol. The number of ether oxygens (including phenoxy) is 2. The number of benzene rings is 4. The van der Waals surface area contributed by atoms with E-state index in [0.29, 0.717) is 21.4 Å². The van der Waals surface area contributed by atoms with Crippen LogP contribution in [0.2, 0.25) is 10.0 Å². The third-order valence-electron chi connectivity index (χ3n) is 8.83. The molecule has 0 aliphatic heterocycles. The molecule has 9 nitrogen and oxygen atoms in total. The Morgan fingerprint density at radius 1 is 0.800 bits per heavy atom. The maximum Gasteiger partial charge on any atom is 0.264 e. The number of para-hydroxylation sites is 1. The number of carbonyl (C=O) groups excluding carboxylic acids is 2. The highest BCUT2D eigenvalue weighted by Crippen LogP contribution is 2.33. The van der Waals surface area contributed by atoms with E-state index in [1.54, 1.807) is 48.5 Å². The summed E-state index contributed by atoms with van der Waals surface area (Å²) >= 11 is 12.6. The molecule has 1 atom stereocenters. The summed E-state index contributed by atoms with van der Waals surface area (Å²) in [7, 11) is -1.47. The molecular formula is C38H41Cl2N3O6S. The molecule has 0 saturated heterocycles. The van der Waals surface area contributed by atoms with Crippen molar-refractivity contribution in [2.24, 2.45) is 0 Å². The Labute approximate surface area is 304 Å². The molecule has 0 radical (unpaired) electrons. The normalized spacial score (nSPS) is 14.0. The van der Waals surface area contributed by atoms with Crippen LogP contribution in [0, 0.1) is 0 Å². The fourth-order valence-electron chi connectivity index (χ4n) is 6.16. The van der Waals surface area contributed by atoms with Gasteiger partial charge in [0.15, 0.2) is 11.5 Å². The number of nitrogens with zero attached hydrogens (tertiary/aromatic N) is 2. The van der Waals surface area contributed by atoms with Gasteiger partial charge >= 0.3 is 0 Å². The molecule has 1 aliphatic carbocycles. The van der Waals surface area contributed by atoms with Crippen molar-refractivity contribution in [2.75, 3.05) is 25.1 Å². The van der Waals surface area contributed by atoms with Crippen molar-refractivity contribution in [3.8, 4) is 11.5 Å². The van der Waals surface area contributed by atoms with Crippen LogP contribution in [0.1, 0.15) is 43.2 Å². The lowest BCUT2D eigenvalue weighted by molar-refractivity contribution is -0.140. The first-order valence-electron chi connectivity index (χ1n) is 16.5. The molecule has 4 aromatic rings. The van der Waals surface area contributed by atoms with E-state index in [-0.39, 0.29) is 41.2 Å². The smallest absolute Gasteiger partial charge is 0.264 e. The van der Waals surface area contributed by atoms with E-state index in [1.165, 1.54) is 37.3 Å². The minimum atomic E-state index is -4.34. The van der Waals surface area contributed by atoms with Gasteiger partial charge in [0.2, 0.25) is 11.8 Å². The topological polar surface area (TPSA) is 105 Å². The van der Waals surface area contributed by atoms with Gasteiger partial charge in [-0.05, 0) is 60.4 Å². The molecule has 1 N–H and O–H groups in total. The molecule has 50 heavy (non-hydrogen) atoms. The summed E-state index contributed by atoms with van der Waals surface area (Å²) < 4.78 is 40.6. The first kappa shape index (κ1) is 37.0. The van der Waals surface area contributed by atoms with E-state index in [9.17, 15) is 18.0 Å². The highest BCUT2D eigenvalue weighted by Gasteiger charge is 2.36. The van der Waals surface area contributed by atoms with Crippen molar-refractivity contribution in [1.82, 2.24) is 10.2 Å². The highest BCUT2D eigenvalue weighted by atomic mass is 35.5. The van der Waals surface area contributed by atoms with Crippen molar-refractivity contribution < 1.29 is 27.5 Å².